The van der Waals surface area contributed by atoms with Crippen LogP contribution in [0.1, 0.15) is 13.3 Å². The fraction of sp³-hybridized carbons (Fsp3) is 0.923. The smallest absolute Gasteiger partial charge is 0.332 e. The van der Waals surface area contributed by atoms with Crippen LogP contribution < -0.4 is 0 Å². The minimum Gasteiger partial charge on any atom is -0.479 e. The second kappa shape index (κ2) is 14.7. The number of carboxylic acids is 1. The monoisotopic (exact) mass is 294 g/mol. The molecule has 0 bridgehead atoms. The van der Waals surface area contributed by atoms with Crippen molar-refractivity contribution < 1.29 is 33.6 Å². The Morgan fingerprint density at radius 2 is 1.45 bits per heavy atom. The molecule has 0 radical (unpaired) electrons. The molecule has 0 aliphatic carbocycles. The Morgan fingerprint density at radius 3 is 1.90 bits per heavy atom. The van der Waals surface area contributed by atoms with E-state index in [1.165, 1.54) is 0 Å². The van der Waals surface area contributed by atoms with Gasteiger partial charge in [-0.15, -0.1) is 0 Å². The lowest BCUT2D eigenvalue weighted by molar-refractivity contribution is -0.151. The van der Waals surface area contributed by atoms with Gasteiger partial charge in [0.05, 0.1) is 39.6 Å². The molecule has 0 saturated carbocycles. The highest BCUT2D eigenvalue weighted by molar-refractivity contribution is 5.72. The summed E-state index contributed by atoms with van der Waals surface area (Å²) >= 11 is 0. The zero-order chi connectivity index (χ0) is 15.1. The predicted molar refractivity (Wildman–Crippen MR) is 72.0 cm³/mol. The summed E-state index contributed by atoms with van der Waals surface area (Å²) in [6.07, 6.45) is -0.460. The van der Waals surface area contributed by atoms with Gasteiger partial charge in [-0.25, -0.2) is 4.79 Å². The molecule has 7 heteroatoms. The van der Waals surface area contributed by atoms with Gasteiger partial charge in [-0.3, -0.25) is 0 Å². The highest BCUT2D eigenvalue weighted by Crippen LogP contribution is 1.99. The van der Waals surface area contributed by atoms with Gasteiger partial charge in [0.2, 0.25) is 0 Å². The number of carboxylic acid groups (broad SMARTS) is 1. The number of hydrogen-bond donors (Lipinski definition) is 1. The van der Waals surface area contributed by atoms with Crippen molar-refractivity contribution in [3.63, 3.8) is 0 Å². The fourth-order valence-electron chi connectivity index (χ4n) is 1.35. The van der Waals surface area contributed by atoms with Crippen LogP contribution in [0.25, 0.3) is 0 Å². The normalized spacial score (nSPS) is 12.5. The molecule has 0 aromatic carbocycles. The molecular weight excluding hydrogens is 268 g/mol. The summed E-state index contributed by atoms with van der Waals surface area (Å²) in [5.74, 6) is -0.958. The second-order valence-corrected chi connectivity index (χ2v) is 3.90. The van der Waals surface area contributed by atoms with Crippen LogP contribution in [0.15, 0.2) is 0 Å². The number of ether oxygens (including phenoxy) is 5. The number of hydrogen-bond acceptors (Lipinski definition) is 6. The van der Waals surface area contributed by atoms with E-state index >= 15 is 0 Å². The van der Waals surface area contributed by atoms with Crippen molar-refractivity contribution in [2.24, 2.45) is 0 Å². The topological polar surface area (TPSA) is 83.5 Å². The first kappa shape index (κ1) is 19.3. The van der Waals surface area contributed by atoms with Crippen molar-refractivity contribution in [3.8, 4) is 0 Å². The molecule has 0 amide bonds. The molecular formula is C13H26O7. The largest absolute Gasteiger partial charge is 0.479 e. The number of rotatable bonds is 15. The number of aliphatic carboxylic acids is 1. The maximum Gasteiger partial charge on any atom is 0.332 e. The predicted octanol–water partition coefficient (Wildman–Crippen LogP) is 0.562. The Morgan fingerprint density at radius 1 is 0.950 bits per heavy atom. The highest BCUT2D eigenvalue weighted by Gasteiger charge is 2.16. The summed E-state index contributed by atoms with van der Waals surface area (Å²) in [5, 5.41) is 8.84. The summed E-state index contributed by atoms with van der Waals surface area (Å²) in [4.78, 5) is 10.8. The van der Waals surface area contributed by atoms with E-state index in [2.05, 4.69) is 0 Å². The summed E-state index contributed by atoms with van der Waals surface area (Å²) in [5.41, 5.74) is 0. The molecule has 0 saturated heterocycles. The summed E-state index contributed by atoms with van der Waals surface area (Å²) in [6, 6.07) is 0. The summed E-state index contributed by atoms with van der Waals surface area (Å²) < 4.78 is 25.7. The van der Waals surface area contributed by atoms with E-state index < -0.39 is 12.1 Å². The molecule has 0 aliphatic heterocycles. The van der Waals surface area contributed by atoms with Gasteiger partial charge in [-0.05, 0) is 6.92 Å². The lowest BCUT2D eigenvalue weighted by Crippen LogP contribution is -2.25. The second-order valence-electron chi connectivity index (χ2n) is 3.90. The van der Waals surface area contributed by atoms with Crippen LogP contribution in [0.4, 0.5) is 0 Å². The molecule has 0 fully saturated rings. The average Bonchev–Trinajstić information content (AvgIpc) is 2.43. The van der Waals surface area contributed by atoms with Crippen molar-refractivity contribution in [1.29, 1.82) is 0 Å². The average molecular weight is 294 g/mol. The molecule has 20 heavy (non-hydrogen) atoms. The molecule has 0 aliphatic rings. The van der Waals surface area contributed by atoms with Crippen LogP contribution in [0, 0.1) is 0 Å². The standard InChI is InChI=1S/C13H26O7/c1-3-20-12(13(14)15)4-5-17-8-9-19-11-10-18-7-6-16-2/h12H,3-11H2,1-2H3,(H,14,15). The maximum absolute atomic E-state index is 10.8. The molecule has 1 unspecified atom stereocenters. The minimum atomic E-state index is -0.958. The SMILES string of the molecule is CCOC(CCOCCOCCOCCOC)C(=O)O. The van der Waals surface area contributed by atoms with E-state index in [1.54, 1.807) is 14.0 Å². The molecule has 1 atom stereocenters. The van der Waals surface area contributed by atoms with Gasteiger partial charge < -0.3 is 28.8 Å². The van der Waals surface area contributed by atoms with Crippen LogP contribution in [0.2, 0.25) is 0 Å². The van der Waals surface area contributed by atoms with Crippen molar-refractivity contribution in [1.82, 2.24) is 0 Å². The van der Waals surface area contributed by atoms with Crippen molar-refractivity contribution in [2.45, 2.75) is 19.4 Å². The quantitative estimate of drug-likeness (QED) is 0.442. The van der Waals surface area contributed by atoms with Crippen LogP contribution in [0.3, 0.4) is 0 Å². The van der Waals surface area contributed by atoms with Crippen LogP contribution in [-0.4, -0.2) is 77.1 Å². The third kappa shape index (κ3) is 12.3. The Bertz CT molecular complexity index is 223. The van der Waals surface area contributed by atoms with E-state index in [0.29, 0.717) is 59.3 Å². The maximum atomic E-state index is 10.8. The third-order valence-corrected chi connectivity index (χ3v) is 2.34. The van der Waals surface area contributed by atoms with E-state index in [9.17, 15) is 4.79 Å². The van der Waals surface area contributed by atoms with E-state index in [0.717, 1.165) is 0 Å². The fourth-order valence-corrected chi connectivity index (χ4v) is 1.35. The molecule has 0 aromatic rings. The zero-order valence-electron chi connectivity index (χ0n) is 12.3. The molecule has 0 heterocycles. The molecule has 0 aromatic heterocycles. The minimum absolute atomic E-state index is 0.337. The van der Waals surface area contributed by atoms with Crippen LogP contribution >= 0.6 is 0 Å². The number of carbonyl (C=O) groups is 1. The highest BCUT2D eigenvalue weighted by atomic mass is 16.6. The molecule has 0 rings (SSSR count). The lowest BCUT2D eigenvalue weighted by atomic mass is 10.2. The molecule has 120 valence electrons. The van der Waals surface area contributed by atoms with E-state index in [-0.39, 0.29) is 0 Å². The van der Waals surface area contributed by atoms with E-state index in [1.807, 2.05) is 0 Å². The third-order valence-electron chi connectivity index (χ3n) is 2.34. The Hall–Kier alpha value is -0.730. The van der Waals surface area contributed by atoms with Gasteiger partial charge in [-0.1, -0.05) is 0 Å². The van der Waals surface area contributed by atoms with E-state index in [4.69, 9.17) is 28.8 Å². The lowest BCUT2D eigenvalue weighted by Gasteiger charge is -2.12. The first-order valence-electron chi connectivity index (χ1n) is 6.79. The van der Waals surface area contributed by atoms with Crippen molar-refractivity contribution in [3.05, 3.63) is 0 Å². The van der Waals surface area contributed by atoms with Gasteiger partial charge in [0.15, 0.2) is 6.10 Å². The van der Waals surface area contributed by atoms with Gasteiger partial charge in [-0.2, -0.15) is 0 Å². The van der Waals surface area contributed by atoms with Crippen LogP contribution in [0.5, 0.6) is 0 Å². The van der Waals surface area contributed by atoms with Gasteiger partial charge in [0.1, 0.15) is 0 Å². The van der Waals surface area contributed by atoms with Crippen molar-refractivity contribution >= 4 is 5.97 Å². The van der Waals surface area contributed by atoms with Gasteiger partial charge >= 0.3 is 5.97 Å². The Labute approximate surface area is 120 Å². The summed E-state index contributed by atoms with van der Waals surface area (Å²) in [7, 11) is 1.62. The zero-order valence-corrected chi connectivity index (χ0v) is 12.3. The first-order valence-corrected chi connectivity index (χ1v) is 6.79. The first-order chi connectivity index (χ1) is 9.72. The van der Waals surface area contributed by atoms with Crippen molar-refractivity contribution in [2.75, 3.05) is 60.0 Å². The van der Waals surface area contributed by atoms with Crippen LogP contribution in [-0.2, 0) is 28.5 Å². The van der Waals surface area contributed by atoms with Gasteiger partial charge in [0.25, 0.3) is 0 Å². The Kier molecular flexibility index (Phi) is 14.1. The number of methoxy groups -OCH3 is 1. The van der Waals surface area contributed by atoms with Gasteiger partial charge in [0, 0.05) is 26.7 Å². The Balaban J connectivity index is 3.25. The molecule has 0 spiro atoms. The molecule has 1 N–H and O–H groups in total. The molecule has 7 nitrogen and oxygen atoms in total. The summed E-state index contributed by atoms with van der Waals surface area (Å²) in [6.45, 7) is 5.53.